The van der Waals surface area contributed by atoms with Crippen LogP contribution >= 0.6 is 0 Å². The van der Waals surface area contributed by atoms with Crippen LogP contribution in [-0.2, 0) is 10.0 Å². The van der Waals surface area contributed by atoms with Crippen molar-refractivity contribution in [1.82, 2.24) is 9.62 Å². The predicted octanol–water partition coefficient (Wildman–Crippen LogP) is 3.22. The molecule has 0 fully saturated rings. The van der Waals surface area contributed by atoms with Gasteiger partial charge in [0.1, 0.15) is 5.75 Å². The Morgan fingerprint density at radius 1 is 1.04 bits per heavy atom. The number of nitrogens with one attached hydrogen (secondary N) is 1. The lowest BCUT2D eigenvalue weighted by atomic mass is 10.0. The largest absolute Gasteiger partial charge is 0.496 e. The lowest BCUT2D eigenvalue weighted by Gasteiger charge is -2.26. The van der Waals surface area contributed by atoms with E-state index >= 15 is 0 Å². The fourth-order valence-electron chi connectivity index (χ4n) is 2.75. The fraction of sp³-hybridized carbons (Fsp3) is 0.350. The van der Waals surface area contributed by atoms with Gasteiger partial charge in [-0.05, 0) is 51.1 Å². The van der Waals surface area contributed by atoms with Crippen LogP contribution in [-0.4, -0.2) is 39.4 Å². The Labute approximate surface area is 161 Å². The summed E-state index contributed by atoms with van der Waals surface area (Å²) >= 11 is 0. The number of para-hydroxylation sites is 1. The Morgan fingerprint density at radius 2 is 1.63 bits per heavy atom. The van der Waals surface area contributed by atoms with Crippen LogP contribution in [0.15, 0.2) is 53.4 Å². The summed E-state index contributed by atoms with van der Waals surface area (Å²) in [5.41, 5.74) is 1.32. The molecule has 0 radical (unpaired) electrons. The molecule has 1 atom stereocenters. The van der Waals surface area contributed by atoms with Crippen molar-refractivity contribution in [1.29, 1.82) is 0 Å². The third-order valence-electron chi connectivity index (χ3n) is 4.29. The number of benzene rings is 2. The molecule has 1 N–H and O–H groups in total. The third kappa shape index (κ3) is 4.87. The second-order valence-corrected chi connectivity index (χ2v) is 8.35. The maximum Gasteiger partial charge on any atom is 0.254 e. The fourth-order valence-corrected chi connectivity index (χ4v) is 4.01. The maximum absolute atomic E-state index is 12.8. The molecule has 0 aliphatic carbocycles. The van der Waals surface area contributed by atoms with Crippen molar-refractivity contribution >= 4 is 15.9 Å². The Balaban J connectivity index is 2.22. The molecule has 0 aliphatic rings. The molecule has 0 saturated carbocycles. The first-order valence-corrected chi connectivity index (χ1v) is 10.2. The normalized spacial score (nSPS) is 12.7. The second kappa shape index (κ2) is 8.54. The smallest absolute Gasteiger partial charge is 0.254 e. The highest BCUT2D eigenvalue weighted by atomic mass is 32.2. The lowest BCUT2D eigenvalue weighted by Crippen LogP contribution is -2.31. The number of carbonyl (C=O) groups is 1. The van der Waals surface area contributed by atoms with Crippen LogP contribution in [0.25, 0.3) is 0 Å². The number of amides is 1. The van der Waals surface area contributed by atoms with Crippen LogP contribution in [0.2, 0.25) is 0 Å². The minimum absolute atomic E-state index is 0.133. The van der Waals surface area contributed by atoms with E-state index in [1.165, 1.54) is 24.3 Å². The first-order chi connectivity index (χ1) is 12.7. The van der Waals surface area contributed by atoms with Crippen LogP contribution < -0.4 is 9.46 Å². The molecule has 0 spiro atoms. The minimum Gasteiger partial charge on any atom is -0.496 e. The lowest BCUT2D eigenvalue weighted by molar-refractivity contribution is 0.0741. The van der Waals surface area contributed by atoms with Crippen molar-refractivity contribution < 1.29 is 17.9 Å². The summed E-state index contributed by atoms with van der Waals surface area (Å²) in [6.45, 7) is 5.43. The van der Waals surface area contributed by atoms with Crippen LogP contribution in [0.5, 0.6) is 5.75 Å². The molecule has 0 aromatic heterocycles. The van der Waals surface area contributed by atoms with Gasteiger partial charge < -0.3 is 9.64 Å². The first kappa shape index (κ1) is 20.9. The number of methoxy groups -OCH3 is 1. The minimum atomic E-state index is -3.58. The SMILES string of the molecule is COc1ccccc1C(C)N(C)C(=O)c1ccc(S(=O)(=O)NC(C)C)cc1. The molecule has 27 heavy (non-hydrogen) atoms. The van der Waals surface area contributed by atoms with Gasteiger partial charge in [-0.2, -0.15) is 0 Å². The van der Waals surface area contributed by atoms with Crippen LogP contribution in [0, 0.1) is 0 Å². The van der Waals surface area contributed by atoms with Gasteiger partial charge in [-0.15, -0.1) is 0 Å². The molecule has 1 unspecified atom stereocenters. The molecule has 7 heteroatoms. The molecule has 0 aliphatic heterocycles. The quantitative estimate of drug-likeness (QED) is 0.788. The zero-order valence-corrected chi connectivity index (χ0v) is 17.1. The molecule has 1 amide bonds. The van der Waals surface area contributed by atoms with Crippen molar-refractivity contribution in [2.45, 2.75) is 37.8 Å². The van der Waals surface area contributed by atoms with E-state index in [-0.39, 0.29) is 22.9 Å². The molecule has 0 bridgehead atoms. The average molecular weight is 391 g/mol. The summed E-state index contributed by atoms with van der Waals surface area (Å²) in [6.07, 6.45) is 0. The Morgan fingerprint density at radius 3 is 2.19 bits per heavy atom. The van der Waals surface area contributed by atoms with E-state index in [4.69, 9.17) is 4.74 Å². The predicted molar refractivity (Wildman–Crippen MR) is 105 cm³/mol. The second-order valence-electron chi connectivity index (χ2n) is 6.63. The molecule has 2 aromatic carbocycles. The van der Waals surface area contributed by atoms with Gasteiger partial charge in [-0.25, -0.2) is 13.1 Å². The Hall–Kier alpha value is -2.38. The van der Waals surface area contributed by atoms with Gasteiger partial charge in [0.15, 0.2) is 0 Å². The molecule has 6 nitrogen and oxygen atoms in total. The maximum atomic E-state index is 12.8. The standard InChI is InChI=1S/C20H26N2O4S/c1-14(2)21-27(24,25)17-12-10-16(11-13-17)20(23)22(4)15(3)18-8-6-7-9-19(18)26-5/h6-15,21H,1-5H3. The van der Waals surface area contributed by atoms with Crippen LogP contribution in [0.4, 0.5) is 0 Å². The van der Waals surface area contributed by atoms with Gasteiger partial charge in [-0.1, -0.05) is 18.2 Å². The Kier molecular flexibility index (Phi) is 6.62. The van der Waals surface area contributed by atoms with Gasteiger partial charge in [0.2, 0.25) is 10.0 Å². The summed E-state index contributed by atoms with van der Waals surface area (Å²) in [5, 5.41) is 0. The summed E-state index contributed by atoms with van der Waals surface area (Å²) in [5.74, 6) is 0.514. The van der Waals surface area contributed by atoms with E-state index in [1.54, 1.807) is 32.9 Å². The summed E-state index contributed by atoms with van der Waals surface area (Å²) in [6, 6.07) is 13.1. The van der Waals surface area contributed by atoms with E-state index < -0.39 is 10.0 Å². The molecule has 2 aromatic rings. The summed E-state index contributed by atoms with van der Waals surface area (Å²) in [4.78, 5) is 14.6. The van der Waals surface area contributed by atoms with Crippen molar-refractivity contribution in [2.24, 2.45) is 0 Å². The van der Waals surface area contributed by atoms with Crippen molar-refractivity contribution in [3.63, 3.8) is 0 Å². The van der Waals surface area contributed by atoms with Gasteiger partial charge in [-0.3, -0.25) is 4.79 Å². The number of hydrogen-bond acceptors (Lipinski definition) is 4. The third-order valence-corrected chi connectivity index (χ3v) is 5.97. The molecule has 2 rings (SSSR count). The topological polar surface area (TPSA) is 75.7 Å². The number of carbonyl (C=O) groups excluding carboxylic acids is 1. The number of rotatable bonds is 7. The van der Waals surface area contributed by atoms with Crippen LogP contribution in [0.3, 0.4) is 0 Å². The van der Waals surface area contributed by atoms with Gasteiger partial charge in [0.25, 0.3) is 5.91 Å². The van der Waals surface area contributed by atoms with Gasteiger partial charge >= 0.3 is 0 Å². The van der Waals surface area contributed by atoms with E-state index in [2.05, 4.69) is 4.72 Å². The number of nitrogens with zero attached hydrogens (tertiary/aromatic N) is 1. The average Bonchev–Trinajstić information content (AvgIpc) is 2.65. The number of hydrogen-bond donors (Lipinski definition) is 1. The highest BCUT2D eigenvalue weighted by molar-refractivity contribution is 7.89. The number of sulfonamides is 1. The summed E-state index contributed by atoms with van der Waals surface area (Å²) in [7, 11) is -0.274. The van der Waals surface area contributed by atoms with E-state index in [1.807, 2.05) is 31.2 Å². The highest BCUT2D eigenvalue weighted by Gasteiger charge is 2.22. The number of ether oxygens (including phenoxy) is 1. The summed E-state index contributed by atoms with van der Waals surface area (Å²) < 4.78 is 32.3. The molecule has 0 saturated heterocycles. The molecule has 146 valence electrons. The van der Waals surface area contributed by atoms with Crippen molar-refractivity contribution in [3.8, 4) is 5.75 Å². The zero-order chi connectivity index (χ0) is 20.2. The van der Waals surface area contributed by atoms with Crippen LogP contribution in [0.1, 0.15) is 42.7 Å². The Bertz CT molecular complexity index is 892. The monoisotopic (exact) mass is 390 g/mol. The first-order valence-electron chi connectivity index (χ1n) is 8.70. The molecular formula is C20H26N2O4S. The van der Waals surface area contributed by atoms with E-state index in [0.29, 0.717) is 11.3 Å². The van der Waals surface area contributed by atoms with Gasteiger partial charge in [0.05, 0.1) is 18.0 Å². The zero-order valence-electron chi connectivity index (χ0n) is 16.3. The molecule has 0 heterocycles. The van der Waals surface area contributed by atoms with Gasteiger partial charge in [0, 0.05) is 24.2 Å². The molecular weight excluding hydrogens is 364 g/mol. The highest BCUT2D eigenvalue weighted by Crippen LogP contribution is 2.29. The van der Waals surface area contributed by atoms with Crippen molar-refractivity contribution in [3.05, 3.63) is 59.7 Å². The van der Waals surface area contributed by atoms with E-state index in [0.717, 1.165) is 5.56 Å². The van der Waals surface area contributed by atoms with Crippen molar-refractivity contribution in [2.75, 3.05) is 14.2 Å². The van der Waals surface area contributed by atoms with E-state index in [9.17, 15) is 13.2 Å².